The molecule has 1 atom stereocenters. The van der Waals surface area contributed by atoms with E-state index in [1.165, 1.54) is 24.3 Å². The second kappa shape index (κ2) is 6.43. The first kappa shape index (κ1) is 16.2. The van der Waals surface area contributed by atoms with E-state index in [0.717, 1.165) is 11.3 Å². The summed E-state index contributed by atoms with van der Waals surface area (Å²) < 4.78 is 13.0. The van der Waals surface area contributed by atoms with Gasteiger partial charge >= 0.3 is 0 Å². The maximum atomic E-state index is 13.0. The number of carbonyl (C=O) groups is 2. The van der Waals surface area contributed by atoms with E-state index in [4.69, 9.17) is 0 Å². The molecule has 3 rings (SSSR count). The first-order valence-electron chi connectivity index (χ1n) is 7.92. The minimum Gasteiger partial charge on any atom is -0.325 e. The third-order valence-electron chi connectivity index (χ3n) is 4.35. The van der Waals surface area contributed by atoms with Crippen LogP contribution in [0.2, 0.25) is 0 Å². The van der Waals surface area contributed by atoms with Crippen LogP contribution in [-0.2, 0) is 4.79 Å². The van der Waals surface area contributed by atoms with Crippen molar-refractivity contribution >= 4 is 17.5 Å². The van der Waals surface area contributed by atoms with E-state index in [1.807, 2.05) is 31.2 Å². The number of nitrogens with zero attached hydrogens (tertiary/aromatic N) is 2. The lowest BCUT2D eigenvalue weighted by molar-refractivity contribution is -0.124. The van der Waals surface area contributed by atoms with E-state index >= 15 is 0 Å². The number of piperazine rings is 1. The van der Waals surface area contributed by atoms with Crippen molar-refractivity contribution in [2.75, 3.05) is 18.0 Å². The molecule has 5 heteroatoms. The summed E-state index contributed by atoms with van der Waals surface area (Å²) in [6.07, 6.45) is 0. The van der Waals surface area contributed by atoms with Crippen LogP contribution < -0.4 is 4.90 Å². The van der Waals surface area contributed by atoms with Gasteiger partial charge in [-0.05, 0) is 50.2 Å². The maximum Gasteiger partial charge on any atom is 0.254 e. The normalized spacial score (nSPS) is 18.0. The monoisotopic (exact) mass is 326 g/mol. The molecule has 1 aliphatic rings. The first-order chi connectivity index (χ1) is 11.5. The molecule has 0 spiro atoms. The Morgan fingerprint density at radius 3 is 2.29 bits per heavy atom. The molecule has 4 nitrogen and oxygen atoms in total. The molecule has 1 heterocycles. The predicted octanol–water partition coefficient (Wildman–Crippen LogP) is 3.01. The van der Waals surface area contributed by atoms with Gasteiger partial charge in [0, 0.05) is 24.3 Å². The van der Waals surface area contributed by atoms with Crippen LogP contribution in [0.4, 0.5) is 10.1 Å². The summed E-state index contributed by atoms with van der Waals surface area (Å²) in [6, 6.07) is 12.6. The first-order valence-corrected chi connectivity index (χ1v) is 7.92. The highest BCUT2D eigenvalue weighted by atomic mass is 19.1. The van der Waals surface area contributed by atoms with Crippen molar-refractivity contribution in [3.8, 4) is 0 Å². The summed E-state index contributed by atoms with van der Waals surface area (Å²) in [4.78, 5) is 28.5. The summed E-state index contributed by atoms with van der Waals surface area (Å²) in [5, 5.41) is 0. The average molecular weight is 326 g/mol. The van der Waals surface area contributed by atoms with E-state index in [9.17, 15) is 14.0 Å². The third-order valence-corrected chi connectivity index (χ3v) is 4.35. The van der Waals surface area contributed by atoms with Crippen molar-refractivity contribution in [1.29, 1.82) is 0 Å². The lowest BCUT2D eigenvalue weighted by Crippen LogP contribution is -2.57. The van der Waals surface area contributed by atoms with Crippen molar-refractivity contribution in [3.63, 3.8) is 0 Å². The largest absolute Gasteiger partial charge is 0.325 e. The minimum atomic E-state index is -0.558. The van der Waals surface area contributed by atoms with Gasteiger partial charge in [-0.15, -0.1) is 0 Å². The van der Waals surface area contributed by atoms with Crippen LogP contribution in [0.3, 0.4) is 0 Å². The minimum absolute atomic E-state index is 0.111. The van der Waals surface area contributed by atoms with E-state index in [-0.39, 0.29) is 17.6 Å². The standard InChI is InChI=1S/C19H19FN2O2/c1-13-3-9-17(10-4-13)22-12-11-21(14(2)18(22)23)19(24)15-5-7-16(20)8-6-15/h3-10,14H,11-12H2,1-2H3/t14-/m1/s1. The number of carbonyl (C=O) groups excluding carboxylic acids is 2. The highest BCUT2D eigenvalue weighted by molar-refractivity contribution is 6.03. The Morgan fingerprint density at radius 2 is 1.67 bits per heavy atom. The lowest BCUT2D eigenvalue weighted by Gasteiger charge is -2.39. The molecule has 1 fully saturated rings. The molecule has 0 unspecified atom stereocenters. The number of benzene rings is 2. The summed E-state index contributed by atoms with van der Waals surface area (Å²) >= 11 is 0. The van der Waals surface area contributed by atoms with Crippen LogP contribution in [0, 0.1) is 12.7 Å². The molecular weight excluding hydrogens is 307 g/mol. The van der Waals surface area contributed by atoms with Crippen molar-refractivity contribution in [1.82, 2.24) is 4.90 Å². The number of aryl methyl sites for hydroxylation is 1. The maximum absolute atomic E-state index is 13.0. The van der Waals surface area contributed by atoms with Crippen LogP contribution in [0.15, 0.2) is 48.5 Å². The number of halogens is 1. The van der Waals surface area contributed by atoms with Crippen molar-refractivity contribution in [2.45, 2.75) is 19.9 Å². The molecule has 124 valence electrons. The molecule has 24 heavy (non-hydrogen) atoms. The molecule has 1 aliphatic heterocycles. The Morgan fingerprint density at radius 1 is 1.04 bits per heavy atom. The number of amides is 2. The average Bonchev–Trinajstić information content (AvgIpc) is 2.58. The van der Waals surface area contributed by atoms with Gasteiger partial charge in [-0.25, -0.2) is 4.39 Å². The van der Waals surface area contributed by atoms with E-state index in [1.54, 1.807) is 16.7 Å². The molecule has 2 aromatic carbocycles. The van der Waals surface area contributed by atoms with Crippen LogP contribution in [-0.4, -0.2) is 35.8 Å². The second-order valence-corrected chi connectivity index (χ2v) is 6.01. The highest BCUT2D eigenvalue weighted by Gasteiger charge is 2.35. The summed E-state index contributed by atoms with van der Waals surface area (Å²) in [5.74, 6) is -0.750. The van der Waals surface area contributed by atoms with Crippen molar-refractivity contribution in [2.24, 2.45) is 0 Å². The van der Waals surface area contributed by atoms with Gasteiger partial charge in [0.05, 0.1) is 0 Å². The molecule has 0 N–H and O–H groups in total. The molecular formula is C19H19FN2O2. The molecule has 0 bridgehead atoms. The summed E-state index contributed by atoms with van der Waals surface area (Å²) in [5.41, 5.74) is 2.36. The van der Waals surface area contributed by atoms with E-state index in [0.29, 0.717) is 18.7 Å². The molecule has 2 aromatic rings. The summed E-state index contributed by atoms with van der Waals surface area (Å²) in [7, 11) is 0. The molecule has 2 amide bonds. The Kier molecular flexibility index (Phi) is 4.34. The van der Waals surface area contributed by atoms with Gasteiger partial charge in [0.15, 0.2) is 0 Å². The van der Waals surface area contributed by atoms with Gasteiger partial charge in [-0.1, -0.05) is 17.7 Å². The molecule has 0 aromatic heterocycles. The Labute approximate surface area is 140 Å². The number of anilines is 1. The van der Waals surface area contributed by atoms with Crippen LogP contribution >= 0.6 is 0 Å². The zero-order chi connectivity index (χ0) is 17.3. The van der Waals surface area contributed by atoms with E-state index < -0.39 is 6.04 Å². The van der Waals surface area contributed by atoms with Crippen LogP contribution in [0.25, 0.3) is 0 Å². The van der Waals surface area contributed by atoms with E-state index in [2.05, 4.69) is 0 Å². The third kappa shape index (κ3) is 3.02. The quantitative estimate of drug-likeness (QED) is 0.851. The Balaban J connectivity index is 1.78. The SMILES string of the molecule is Cc1ccc(N2CCN(C(=O)c3ccc(F)cc3)[C@H](C)C2=O)cc1. The predicted molar refractivity (Wildman–Crippen MR) is 90.4 cm³/mol. The topological polar surface area (TPSA) is 40.6 Å². The zero-order valence-corrected chi connectivity index (χ0v) is 13.7. The van der Waals surface area contributed by atoms with Crippen LogP contribution in [0.5, 0.6) is 0 Å². The van der Waals surface area contributed by atoms with Crippen LogP contribution in [0.1, 0.15) is 22.8 Å². The smallest absolute Gasteiger partial charge is 0.254 e. The van der Waals surface area contributed by atoms with Gasteiger partial charge in [-0.2, -0.15) is 0 Å². The van der Waals surface area contributed by atoms with Gasteiger partial charge in [0.25, 0.3) is 5.91 Å². The lowest BCUT2D eigenvalue weighted by atomic mass is 10.1. The highest BCUT2D eigenvalue weighted by Crippen LogP contribution is 2.22. The number of hydrogen-bond donors (Lipinski definition) is 0. The molecule has 0 radical (unpaired) electrons. The number of hydrogen-bond acceptors (Lipinski definition) is 2. The van der Waals surface area contributed by atoms with Gasteiger partial charge in [0.2, 0.25) is 5.91 Å². The van der Waals surface area contributed by atoms with Gasteiger partial charge in [0.1, 0.15) is 11.9 Å². The van der Waals surface area contributed by atoms with Gasteiger partial charge in [-0.3, -0.25) is 9.59 Å². The fourth-order valence-electron chi connectivity index (χ4n) is 2.89. The van der Waals surface area contributed by atoms with Crippen molar-refractivity contribution in [3.05, 3.63) is 65.5 Å². The van der Waals surface area contributed by atoms with Gasteiger partial charge < -0.3 is 9.80 Å². The fraction of sp³-hybridized carbons (Fsp3) is 0.263. The molecule has 0 aliphatic carbocycles. The molecule has 1 saturated heterocycles. The van der Waals surface area contributed by atoms with Crippen molar-refractivity contribution < 1.29 is 14.0 Å². The second-order valence-electron chi connectivity index (χ2n) is 6.01. The Hall–Kier alpha value is -2.69. The number of rotatable bonds is 2. The molecule has 0 saturated carbocycles. The fourth-order valence-corrected chi connectivity index (χ4v) is 2.89. The summed E-state index contributed by atoms with van der Waals surface area (Å²) in [6.45, 7) is 4.60. The zero-order valence-electron chi connectivity index (χ0n) is 13.7. The Bertz CT molecular complexity index is 756.